The minimum Gasteiger partial charge on any atom is -0.379 e. The van der Waals surface area contributed by atoms with E-state index in [1.807, 2.05) is 0 Å². The number of guanidine groups is 1. The highest BCUT2D eigenvalue weighted by Gasteiger charge is 2.19. The van der Waals surface area contributed by atoms with Gasteiger partial charge in [-0.25, -0.2) is 4.99 Å². The van der Waals surface area contributed by atoms with Gasteiger partial charge in [0.25, 0.3) is 0 Å². The van der Waals surface area contributed by atoms with Gasteiger partial charge in [-0.05, 0) is 43.9 Å². The maximum atomic E-state index is 5.43. The molecule has 0 unspecified atom stereocenters. The smallest absolute Gasteiger partial charge is 0.191 e. The maximum absolute atomic E-state index is 5.43. The minimum atomic E-state index is 0.525. The Morgan fingerprint density at radius 1 is 1.00 bits per heavy atom. The third-order valence-corrected chi connectivity index (χ3v) is 5.77. The van der Waals surface area contributed by atoms with Crippen molar-refractivity contribution in [2.45, 2.75) is 52.2 Å². The lowest BCUT2D eigenvalue weighted by Crippen LogP contribution is -2.48. The van der Waals surface area contributed by atoms with Gasteiger partial charge in [0, 0.05) is 45.3 Å². The molecule has 0 aliphatic carbocycles. The molecule has 2 aliphatic heterocycles. The van der Waals surface area contributed by atoms with E-state index in [1.54, 1.807) is 0 Å². The Kier molecular flexibility index (Phi) is 9.25. The number of nitrogens with zero attached hydrogens (tertiary/aromatic N) is 3. The van der Waals surface area contributed by atoms with Gasteiger partial charge in [0.1, 0.15) is 0 Å². The lowest BCUT2D eigenvalue weighted by molar-refractivity contribution is 0.0342. The molecule has 0 amide bonds. The molecule has 2 heterocycles. The Balaban J connectivity index is 1.47. The summed E-state index contributed by atoms with van der Waals surface area (Å²) in [4.78, 5) is 9.86. The van der Waals surface area contributed by atoms with E-state index in [0.29, 0.717) is 12.6 Å². The van der Waals surface area contributed by atoms with Crippen LogP contribution in [0.2, 0.25) is 0 Å². The van der Waals surface area contributed by atoms with E-state index < -0.39 is 0 Å². The van der Waals surface area contributed by atoms with Crippen LogP contribution in [0.3, 0.4) is 0 Å². The third kappa shape index (κ3) is 7.61. The summed E-state index contributed by atoms with van der Waals surface area (Å²) in [7, 11) is 0. The molecular formula is C23H39N5O. The highest BCUT2D eigenvalue weighted by Crippen LogP contribution is 2.12. The number of morpholine rings is 1. The molecule has 0 saturated carbocycles. The number of hydrogen-bond donors (Lipinski definition) is 2. The van der Waals surface area contributed by atoms with Crippen molar-refractivity contribution < 1.29 is 4.74 Å². The Morgan fingerprint density at radius 3 is 2.34 bits per heavy atom. The summed E-state index contributed by atoms with van der Waals surface area (Å²) in [5, 5.41) is 7.06. The number of aliphatic imine (C=N–C) groups is 1. The lowest BCUT2D eigenvalue weighted by Gasteiger charge is -2.32. The molecule has 0 bridgehead atoms. The predicted octanol–water partition coefficient (Wildman–Crippen LogP) is 2.45. The number of benzene rings is 1. The lowest BCUT2D eigenvalue weighted by atomic mass is 10.1. The molecule has 29 heavy (non-hydrogen) atoms. The van der Waals surface area contributed by atoms with Crippen molar-refractivity contribution in [3.8, 4) is 0 Å². The topological polar surface area (TPSA) is 52.1 Å². The maximum Gasteiger partial charge on any atom is 0.191 e. The summed E-state index contributed by atoms with van der Waals surface area (Å²) in [6, 6.07) is 9.43. The molecule has 2 fully saturated rings. The average molecular weight is 402 g/mol. The monoisotopic (exact) mass is 401 g/mol. The number of piperidine rings is 1. The quantitative estimate of drug-likeness (QED) is 0.518. The van der Waals surface area contributed by atoms with Gasteiger partial charge < -0.3 is 20.3 Å². The largest absolute Gasteiger partial charge is 0.379 e. The normalized spacial score (nSPS) is 20.0. The van der Waals surface area contributed by atoms with E-state index in [1.165, 1.54) is 50.0 Å². The van der Waals surface area contributed by atoms with Crippen LogP contribution in [0.5, 0.6) is 0 Å². The summed E-state index contributed by atoms with van der Waals surface area (Å²) < 4.78 is 5.43. The van der Waals surface area contributed by atoms with Crippen LogP contribution in [-0.2, 0) is 17.8 Å². The third-order valence-electron chi connectivity index (χ3n) is 5.77. The zero-order valence-corrected chi connectivity index (χ0v) is 18.3. The number of hydrogen-bond acceptors (Lipinski definition) is 4. The summed E-state index contributed by atoms with van der Waals surface area (Å²) >= 11 is 0. The van der Waals surface area contributed by atoms with E-state index in [0.717, 1.165) is 45.4 Å². The standard InChI is InChI=1S/C23H39N5O/c1-3-11-27-12-9-22(10-13-27)26-23(24-4-2)25-18-20-5-7-21(8-6-20)19-28-14-16-29-17-15-28/h5-8,22H,3-4,9-19H2,1-2H3,(H2,24,25,26). The van der Waals surface area contributed by atoms with Gasteiger partial charge in [0.15, 0.2) is 5.96 Å². The van der Waals surface area contributed by atoms with Gasteiger partial charge >= 0.3 is 0 Å². The van der Waals surface area contributed by atoms with Crippen molar-refractivity contribution in [1.82, 2.24) is 20.4 Å². The molecule has 6 heteroatoms. The number of rotatable bonds is 8. The second-order valence-corrected chi connectivity index (χ2v) is 8.16. The van der Waals surface area contributed by atoms with Crippen LogP contribution in [0.1, 0.15) is 44.2 Å². The van der Waals surface area contributed by atoms with Gasteiger partial charge in [-0.15, -0.1) is 0 Å². The van der Waals surface area contributed by atoms with Crippen molar-refractivity contribution in [3.63, 3.8) is 0 Å². The van der Waals surface area contributed by atoms with E-state index in [9.17, 15) is 0 Å². The first-order chi connectivity index (χ1) is 14.3. The minimum absolute atomic E-state index is 0.525. The highest BCUT2D eigenvalue weighted by atomic mass is 16.5. The first-order valence-electron chi connectivity index (χ1n) is 11.4. The van der Waals surface area contributed by atoms with Crippen LogP contribution in [0, 0.1) is 0 Å². The van der Waals surface area contributed by atoms with Gasteiger partial charge in [-0.1, -0.05) is 31.2 Å². The second kappa shape index (κ2) is 12.2. The molecule has 2 saturated heterocycles. The molecule has 0 atom stereocenters. The Hall–Kier alpha value is -1.63. The molecule has 0 radical (unpaired) electrons. The van der Waals surface area contributed by atoms with Gasteiger partial charge in [0.2, 0.25) is 0 Å². The van der Waals surface area contributed by atoms with Crippen LogP contribution in [-0.4, -0.2) is 74.3 Å². The zero-order valence-electron chi connectivity index (χ0n) is 18.3. The fraction of sp³-hybridized carbons (Fsp3) is 0.696. The number of likely N-dealkylation sites (tertiary alicyclic amines) is 1. The first kappa shape index (κ1) is 22.1. The summed E-state index contributed by atoms with van der Waals surface area (Å²) in [6.45, 7) is 14.4. The predicted molar refractivity (Wildman–Crippen MR) is 120 cm³/mol. The van der Waals surface area contributed by atoms with Crippen molar-refractivity contribution in [2.24, 2.45) is 4.99 Å². The van der Waals surface area contributed by atoms with Crippen molar-refractivity contribution in [2.75, 3.05) is 52.5 Å². The van der Waals surface area contributed by atoms with Crippen LogP contribution < -0.4 is 10.6 Å². The van der Waals surface area contributed by atoms with Crippen LogP contribution in [0.4, 0.5) is 0 Å². The number of ether oxygens (including phenoxy) is 1. The van der Waals surface area contributed by atoms with E-state index in [-0.39, 0.29) is 0 Å². The summed E-state index contributed by atoms with van der Waals surface area (Å²) in [5.41, 5.74) is 2.62. The molecular weight excluding hydrogens is 362 g/mol. The fourth-order valence-electron chi connectivity index (χ4n) is 4.07. The van der Waals surface area contributed by atoms with Crippen LogP contribution in [0.25, 0.3) is 0 Å². The fourth-order valence-corrected chi connectivity index (χ4v) is 4.07. The number of nitrogens with one attached hydrogen (secondary N) is 2. The molecule has 162 valence electrons. The Labute approximate surface area is 176 Å². The zero-order chi connectivity index (χ0) is 20.3. The van der Waals surface area contributed by atoms with Gasteiger partial charge in [0.05, 0.1) is 19.8 Å². The van der Waals surface area contributed by atoms with Crippen molar-refractivity contribution in [3.05, 3.63) is 35.4 Å². The molecule has 2 aliphatic rings. The average Bonchev–Trinajstić information content (AvgIpc) is 2.75. The molecule has 6 nitrogen and oxygen atoms in total. The van der Waals surface area contributed by atoms with Crippen molar-refractivity contribution in [1.29, 1.82) is 0 Å². The van der Waals surface area contributed by atoms with Crippen LogP contribution >= 0.6 is 0 Å². The summed E-state index contributed by atoms with van der Waals surface area (Å²) in [5.74, 6) is 0.943. The Bertz CT molecular complexity index is 604. The Morgan fingerprint density at radius 2 is 1.69 bits per heavy atom. The van der Waals surface area contributed by atoms with E-state index >= 15 is 0 Å². The first-order valence-corrected chi connectivity index (χ1v) is 11.4. The highest BCUT2D eigenvalue weighted by molar-refractivity contribution is 5.80. The summed E-state index contributed by atoms with van der Waals surface area (Å²) in [6.07, 6.45) is 3.63. The van der Waals surface area contributed by atoms with Crippen molar-refractivity contribution >= 4 is 5.96 Å². The van der Waals surface area contributed by atoms with E-state index in [2.05, 4.69) is 58.5 Å². The molecule has 1 aromatic carbocycles. The van der Waals surface area contributed by atoms with Gasteiger partial charge in [-0.3, -0.25) is 4.90 Å². The van der Waals surface area contributed by atoms with Gasteiger partial charge in [-0.2, -0.15) is 0 Å². The molecule has 1 aromatic rings. The van der Waals surface area contributed by atoms with Crippen LogP contribution in [0.15, 0.2) is 29.3 Å². The van der Waals surface area contributed by atoms with E-state index in [4.69, 9.17) is 9.73 Å². The molecule has 0 spiro atoms. The SMILES string of the molecule is CCCN1CCC(NC(=NCc2ccc(CN3CCOCC3)cc2)NCC)CC1. The molecule has 0 aromatic heterocycles. The molecule has 3 rings (SSSR count). The molecule has 2 N–H and O–H groups in total. The second-order valence-electron chi connectivity index (χ2n) is 8.16.